The molecule has 1 heterocycles. The number of carbonyl (C=O) groups is 1. The summed E-state index contributed by atoms with van der Waals surface area (Å²) in [5.74, 6) is 0.673. The molecule has 0 aliphatic carbocycles. The van der Waals surface area contributed by atoms with Crippen molar-refractivity contribution in [3.63, 3.8) is 0 Å². The van der Waals surface area contributed by atoms with E-state index >= 15 is 0 Å². The third-order valence-corrected chi connectivity index (χ3v) is 4.27. The summed E-state index contributed by atoms with van der Waals surface area (Å²) < 4.78 is 16.9. The van der Waals surface area contributed by atoms with Crippen molar-refractivity contribution < 1.29 is 19.0 Å². The summed E-state index contributed by atoms with van der Waals surface area (Å²) in [6, 6.07) is 11.8. The molecule has 27 heavy (non-hydrogen) atoms. The number of hydrogen-bond donors (Lipinski definition) is 1. The van der Waals surface area contributed by atoms with Gasteiger partial charge in [-0.3, -0.25) is 10.2 Å². The van der Waals surface area contributed by atoms with Gasteiger partial charge in [0.05, 0.1) is 18.9 Å². The van der Waals surface area contributed by atoms with E-state index in [1.54, 1.807) is 0 Å². The Morgan fingerprint density at radius 3 is 2.63 bits per heavy atom. The number of benzene rings is 2. The first-order chi connectivity index (χ1) is 12.9. The summed E-state index contributed by atoms with van der Waals surface area (Å²) in [5, 5.41) is 4.86. The predicted octanol–water partition coefficient (Wildman–Crippen LogP) is 3.90. The Bertz CT molecular complexity index is 779. The van der Waals surface area contributed by atoms with E-state index in [1.807, 2.05) is 57.2 Å². The minimum Gasteiger partial charge on any atom is -0.489 e. The van der Waals surface area contributed by atoms with Crippen molar-refractivity contribution in [3.8, 4) is 5.75 Å². The number of carbonyl (C=O) groups excluding carboxylic acids is 1. The van der Waals surface area contributed by atoms with Crippen molar-refractivity contribution in [2.45, 2.75) is 26.4 Å². The number of nitrogens with one attached hydrogen (secondary N) is 1. The van der Waals surface area contributed by atoms with Crippen molar-refractivity contribution in [2.75, 3.05) is 44.8 Å². The Balaban J connectivity index is 1.76. The molecule has 2 aromatic rings. The lowest BCUT2D eigenvalue weighted by molar-refractivity contribution is 0.0323. The van der Waals surface area contributed by atoms with Gasteiger partial charge in [0.1, 0.15) is 12.2 Å². The molecule has 6 heteroatoms. The quantitative estimate of drug-likeness (QED) is 0.863. The molecule has 3 rings (SSSR count). The molecule has 1 saturated heterocycles. The number of amides is 1. The molecule has 0 atom stereocenters. The Hall–Kier alpha value is -2.31. The van der Waals surface area contributed by atoms with Crippen LogP contribution in [-0.4, -0.2) is 56.0 Å². The molecule has 0 radical (unpaired) electrons. The average molecular weight is 372 g/mol. The highest BCUT2D eigenvalue weighted by Gasteiger charge is 2.19. The van der Waals surface area contributed by atoms with E-state index in [4.69, 9.17) is 14.2 Å². The van der Waals surface area contributed by atoms with E-state index in [0.717, 1.165) is 43.6 Å². The van der Waals surface area contributed by atoms with Crippen LogP contribution in [0.15, 0.2) is 36.4 Å². The molecule has 2 aromatic carbocycles. The summed E-state index contributed by atoms with van der Waals surface area (Å²) in [6.45, 7) is 10.2. The van der Waals surface area contributed by atoms with Gasteiger partial charge in [-0.2, -0.15) is 0 Å². The van der Waals surface area contributed by atoms with E-state index in [2.05, 4.69) is 10.2 Å². The molecule has 0 aromatic heterocycles. The van der Waals surface area contributed by atoms with Crippen molar-refractivity contribution in [2.24, 2.45) is 0 Å². The largest absolute Gasteiger partial charge is 0.489 e. The van der Waals surface area contributed by atoms with Crippen LogP contribution in [0.5, 0.6) is 5.75 Å². The molecule has 0 unspecified atom stereocenters. The topological polar surface area (TPSA) is 60.0 Å². The van der Waals surface area contributed by atoms with Crippen LogP contribution >= 0.6 is 0 Å². The van der Waals surface area contributed by atoms with Crippen molar-refractivity contribution in [3.05, 3.63) is 36.4 Å². The fourth-order valence-corrected chi connectivity index (χ4v) is 3.01. The second-order valence-electron chi connectivity index (χ2n) is 7.59. The van der Waals surface area contributed by atoms with Gasteiger partial charge in [-0.25, -0.2) is 4.79 Å². The molecular weight excluding hydrogens is 344 g/mol. The highest BCUT2D eigenvalue weighted by atomic mass is 16.6. The zero-order valence-electron chi connectivity index (χ0n) is 16.3. The molecule has 0 saturated carbocycles. The van der Waals surface area contributed by atoms with Gasteiger partial charge < -0.3 is 14.2 Å². The Morgan fingerprint density at radius 1 is 1.15 bits per heavy atom. The monoisotopic (exact) mass is 372 g/mol. The first kappa shape index (κ1) is 19.5. The van der Waals surface area contributed by atoms with Crippen LogP contribution in [0, 0.1) is 0 Å². The normalized spacial score (nSPS) is 15.5. The van der Waals surface area contributed by atoms with Gasteiger partial charge >= 0.3 is 6.09 Å². The minimum atomic E-state index is -0.557. The SMILES string of the molecule is CC(C)(C)OC(=O)Nc1ccc2ccccc2c1OCCN1CCOCC1. The van der Waals surface area contributed by atoms with Crippen molar-refractivity contribution in [1.29, 1.82) is 0 Å². The number of anilines is 1. The average Bonchev–Trinajstić information content (AvgIpc) is 2.62. The molecule has 1 amide bonds. The summed E-state index contributed by atoms with van der Waals surface area (Å²) in [4.78, 5) is 14.5. The fourth-order valence-electron chi connectivity index (χ4n) is 3.01. The van der Waals surface area contributed by atoms with E-state index in [-0.39, 0.29) is 0 Å². The molecular formula is C21H28N2O4. The zero-order valence-corrected chi connectivity index (χ0v) is 16.3. The van der Waals surface area contributed by atoms with Crippen LogP contribution < -0.4 is 10.1 Å². The number of nitrogens with zero attached hydrogens (tertiary/aromatic N) is 1. The zero-order chi connectivity index (χ0) is 19.3. The first-order valence-corrected chi connectivity index (χ1v) is 9.37. The van der Waals surface area contributed by atoms with Gasteiger partial charge in [-0.05, 0) is 32.2 Å². The molecule has 1 N–H and O–H groups in total. The maximum absolute atomic E-state index is 12.2. The Morgan fingerprint density at radius 2 is 1.89 bits per heavy atom. The standard InChI is InChI=1S/C21H28N2O4/c1-21(2,3)27-20(24)22-18-9-8-16-6-4-5-7-17(16)19(18)26-15-12-23-10-13-25-14-11-23/h4-9H,10-15H2,1-3H3,(H,22,24). The Labute approximate surface area is 160 Å². The van der Waals surface area contributed by atoms with Crippen LogP contribution in [-0.2, 0) is 9.47 Å². The van der Waals surface area contributed by atoms with Gasteiger partial charge in [-0.15, -0.1) is 0 Å². The van der Waals surface area contributed by atoms with Crippen LogP contribution in [0.1, 0.15) is 20.8 Å². The highest BCUT2D eigenvalue weighted by molar-refractivity contribution is 5.97. The van der Waals surface area contributed by atoms with Gasteiger partial charge in [-0.1, -0.05) is 30.3 Å². The second-order valence-corrected chi connectivity index (χ2v) is 7.59. The van der Waals surface area contributed by atoms with Crippen LogP contribution in [0.3, 0.4) is 0 Å². The maximum Gasteiger partial charge on any atom is 0.412 e. The molecule has 1 aliphatic rings. The first-order valence-electron chi connectivity index (χ1n) is 9.37. The van der Waals surface area contributed by atoms with Crippen LogP contribution in [0.25, 0.3) is 10.8 Å². The number of morpholine rings is 1. The van der Waals surface area contributed by atoms with Crippen LogP contribution in [0.4, 0.5) is 10.5 Å². The lowest BCUT2D eigenvalue weighted by Gasteiger charge is -2.26. The maximum atomic E-state index is 12.2. The van der Waals surface area contributed by atoms with Crippen molar-refractivity contribution in [1.82, 2.24) is 4.90 Å². The third-order valence-electron chi connectivity index (χ3n) is 4.27. The van der Waals surface area contributed by atoms with Gasteiger partial charge in [0, 0.05) is 25.0 Å². The lowest BCUT2D eigenvalue weighted by atomic mass is 10.1. The second kappa shape index (κ2) is 8.59. The van der Waals surface area contributed by atoms with E-state index in [9.17, 15) is 4.79 Å². The smallest absolute Gasteiger partial charge is 0.412 e. The summed E-state index contributed by atoms with van der Waals surface area (Å²) in [5.41, 5.74) is 0.0584. The van der Waals surface area contributed by atoms with E-state index in [1.165, 1.54) is 0 Å². The van der Waals surface area contributed by atoms with Gasteiger partial charge in [0.2, 0.25) is 0 Å². The van der Waals surface area contributed by atoms with Crippen LogP contribution in [0.2, 0.25) is 0 Å². The highest BCUT2D eigenvalue weighted by Crippen LogP contribution is 2.34. The van der Waals surface area contributed by atoms with Crippen molar-refractivity contribution >= 4 is 22.6 Å². The third kappa shape index (κ3) is 5.58. The van der Waals surface area contributed by atoms with E-state index < -0.39 is 11.7 Å². The number of hydrogen-bond acceptors (Lipinski definition) is 5. The summed E-state index contributed by atoms with van der Waals surface area (Å²) >= 11 is 0. The molecule has 146 valence electrons. The van der Waals surface area contributed by atoms with E-state index in [0.29, 0.717) is 18.0 Å². The number of fused-ring (bicyclic) bond motifs is 1. The number of rotatable bonds is 5. The summed E-state index contributed by atoms with van der Waals surface area (Å²) in [7, 11) is 0. The lowest BCUT2D eigenvalue weighted by Crippen LogP contribution is -2.38. The van der Waals surface area contributed by atoms with Gasteiger partial charge in [0.15, 0.2) is 5.75 Å². The molecule has 0 spiro atoms. The fraction of sp³-hybridized carbons (Fsp3) is 0.476. The Kier molecular flexibility index (Phi) is 6.19. The predicted molar refractivity (Wildman–Crippen MR) is 107 cm³/mol. The molecule has 0 bridgehead atoms. The van der Waals surface area contributed by atoms with Gasteiger partial charge in [0.25, 0.3) is 0 Å². The summed E-state index contributed by atoms with van der Waals surface area (Å²) in [6.07, 6.45) is -0.490. The molecule has 1 fully saturated rings. The minimum absolute atomic E-state index is 0.490. The molecule has 6 nitrogen and oxygen atoms in total. The number of ether oxygens (including phenoxy) is 3. The molecule has 1 aliphatic heterocycles.